The zero-order chi connectivity index (χ0) is 12.1. The second kappa shape index (κ2) is 17.1. The molecular formula is C10H25N2NaO3P. The Morgan fingerprint density at radius 1 is 0.882 bits per heavy atom. The van der Waals surface area contributed by atoms with E-state index in [1.165, 1.54) is 12.8 Å². The average molecular weight is 275 g/mol. The maximum atomic E-state index is 10.4. The second-order valence-corrected chi connectivity index (χ2v) is 4.72. The molecule has 4 N–H and O–H groups in total. The van der Waals surface area contributed by atoms with Gasteiger partial charge in [0.05, 0.1) is 13.2 Å². The average Bonchev–Trinajstić information content (AvgIpc) is 2.53. The first-order chi connectivity index (χ1) is 7.81. The van der Waals surface area contributed by atoms with Crippen LogP contribution in [0.2, 0.25) is 0 Å². The van der Waals surface area contributed by atoms with E-state index in [4.69, 9.17) is 20.5 Å². The SMILES string of the molecule is NCCCCCCN.O=[PH]1OCCCCO1.[Na]. The van der Waals surface area contributed by atoms with E-state index in [0.717, 1.165) is 38.8 Å². The van der Waals surface area contributed by atoms with Crippen LogP contribution in [0.3, 0.4) is 0 Å². The zero-order valence-electron chi connectivity index (χ0n) is 11.0. The van der Waals surface area contributed by atoms with Gasteiger partial charge in [0.1, 0.15) is 0 Å². The molecule has 1 rings (SSSR count). The van der Waals surface area contributed by atoms with E-state index in [0.29, 0.717) is 13.2 Å². The maximum Gasteiger partial charge on any atom is 0.319 e. The van der Waals surface area contributed by atoms with Crippen molar-refractivity contribution >= 4 is 37.8 Å². The molecule has 0 aromatic heterocycles. The number of rotatable bonds is 5. The van der Waals surface area contributed by atoms with Gasteiger partial charge in [-0.3, -0.25) is 4.57 Å². The third-order valence-corrected chi connectivity index (χ3v) is 3.02. The van der Waals surface area contributed by atoms with E-state index < -0.39 is 8.25 Å². The van der Waals surface area contributed by atoms with Gasteiger partial charge in [-0.25, -0.2) is 0 Å². The number of hydrogen-bond donors (Lipinski definition) is 2. The van der Waals surface area contributed by atoms with Crippen molar-refractivity contribution in [3.63, 3.8) is 0 Å². The summed E-state index contributed by atoms with van der Waals surface area (Å²) in [5.74, 6) is 0. The van der Waals surface area contributed by atoms with Gasteiger partial charge in [-0.1, -0.05) is 12.8 Å². The van der Waals surface area contributed by atoms with Crippen LogP contribution in [0.15, 0.2) is 0 Å². The first-order valence-corrected chi connectivity index (χ1v) is 7.23. The van der Waals surface area contributed by atoms with Crippen LogP contribution in [0.25, 0.3) is 0 Å². The molecule has 0 atom stereocenters. The normalized spacial score (nSPS) is 16.4. The van der Waals surface area contributed by atoms with Crippen molar-refractivity contribution in [1.29, 1.82) is 0 Å². The van der Waals surface area contributed by atoms with Gasteiger partial charge in [-0.2, -0.15) is 0 Å². The van der Waals surface area contributed by atoms with Crippen molar-refractivity contribution in [2.45, 2.75) is 38.5 Å². The van der Waals surface area contributed by atoms with E-state index in [2.05, 4.69) is 0 Å². The Balaban J connectivity index is 0. The minimum Gasteiger partial charge on any atom is -0.330 e. The van der Waals surface area contributed by atoms with Gasteiger partial charge in [0.2, 0.25) is 0 Å². The van der Waals surface area contributed by atoms with E-state index >= 15 is 0 Å². The summed E-state index contributed by atoms with van der Waals surface area (Å²) in [4.78, 5) is 0. The van der Waals surface area contributed by atoms with Crippen LogP contribution in [0.4, 0.5) is 0 Å². The molecule has 1 fully saturated rings. The molecule has 0 saturated carbocycles. The maximum absolute atomic E-state index is 10.4. The predicted octanol–water partition coefficient (Wildman–Crippen LogP) is 1.29. The molecule has 1 heterocycles. The van der Waals surface area contributed by atoms with Gasteiger partial charge in [0.15, 0.2) is 0 Å². The van der Waals surface area contributed by atoms with Gasteiger partial charge in [-0.05, 0) is 38.8 Å². The van der Waals surface area contributed by atoms with E-state index in [-0.39, 0.29) is 29.6 Å². The van der Waals surface area contributed by atoms with Crippen LogP contribution in [0.5, 0.6) is 0 Å². The molecule has 0 unspecified atom stereocenters. The van der Waals surface area contributed by atoms with Crippen LogP contribution in [-0.2, 0) is 13.6 Å². The summed E-state index contributed by atoms with van der Waals surface area (Å²) in [5, 5.41) is 0. The molecule has 17 heavy (non-hydrogen) atoms. The Kier molecular flexibility index (Phi) is 20.5. The van der Waals surface area contributed by atoms with Gasteiger partial charge >= 0.3 is 8.25 Å². The summed E-state index contributed by atoms with van der Waals surface area (Å²) in [6.45, 7) is 2.84. The fourth-order valence-corrected chi connectivity index (χ4v) is 1.90. The topological polar surface area (TPSA) is 87.6 Å². The number of unbranched alkanes of at least 4 members (excludes halogenated alkanes) is 3. The van der Waals surface area contributed by atoms with Crippen LogP contribution in [-0.4, -0.2) is 55.9 Å². The third kappa shape index (κ3) is 17.1. The molecule has 1 radical (unpaired) electrons. The molecular weight excluding hydrogens is 250 g/mol. The van der Waals surface area contributed by atoms with Gasteiger partial charge in [0, 0.05) is 29.6 Å². The van der Waals surface area contributed by atoms with Gasteiger partial charge in [-0.15, -0.1) is 0 Å². The molecule has 0 amide bonds. The molecule has 1 aliphatic heterocycles. The van der Waals surface area contributed by atoms with E-state index in [1.807, 2.05) is 0 Å². The predicted molar refractivity (Wildman–Crippen MR) is 72.5 cm³/mol. The molecule has 1 saturated heterocycles. The summed E-state index contributed by atoms with van der Waals surface area (Å²) in [7, 11) is -2.08. The Hall–Kier alpha value is 1.07. The monoisotopic (exact) mass is 275 g/mol. The van der Waals surface area contributed by atoms with Crippen molar-refractivity contribution < 1.29 is 13.6 Å². The Morgan fingerprint density at radius 3 is 1.65 bits per heavy atom. The van der Waals surface area contributed by atoms with Crippen molar-refractivity contribution in [1.82, 2.24) is 0 Å². The first kappa shape index (κ1) is 20.4. The summed E-state index contributed by atoms with van der Waals surface area (Å²) >= 11 is 0. The third-order valence-electron chi connectivity index (χ3n) is 2.14. The molecule has 1 aliphatic rings. The molecule has 0 aliphatic carbocycles. The number of nitrogens with two attached hydrogens (primary N) is 2. The minimum atomic E-state index is -2.08. The summed E-state index contributed by atoms with van der Waals surface area (Å²) < 4.78 is 19.9. The summed E-state index contributed by atoms with van der Waals surface area (Å²) in [6.07, 6.45) is 6.73. The fourth-order valence-electron chi connectivity index (χ4n) is 1.20. The number of hydrogen-bond acceptors (Lipinski definition) is 5. The molecule has 0 bridgehead atoms. The zero-order valence-corrected chi connectivity index (χ0v) is 14.0. The molecule has 7 heteroatoms. The largest absolute Gasteiger partial charge is 0.330 e. The summed E-state index contributed by atoms with van der Waals surface area (Å²) in [5.41, 5.74) is 10.6. The standard InChI is InChI=1S/C6H16N2.C4H9O3P.Na/c7-5-3-1-2-4-6-8;5-8-6-3-1-2-4-7-8;/h1-8H2;8H,1-4H2;. The van der Waals surface area contributed by atoms with Crippen LogP contribution >= 0.6 is 8.25 Å². The van der Waals surface area contributed by atoms with Crippen molar-refractivity contribution in [2.24, 2.45) is 11.5 Å². The Labute approximate surface area is 127 Å². The molecule has 0 aromatic carbocycles. The fraction of sp³-hybridized carbons (Fsp3) is 1.00. The minimum absolute atomic E-state index is 0. The molecule has 0 spiro atoms. The second-order valence-electron chi connectivity index (χ2n) is 3.65. The van der Waals surface area contributed by atoms with Crippen LogP contribution < -0.4 is 11.5 Å². The molecule has 0 aromatic rings. The molecule has 5 nitrogen and oxygen atoms in total. The van der Waals surface area contributed by atoms with Crippen LogP contribution in [0, 0.1) is 0 Å². The van der Waals surface area contributed by atoms with E-state index in [1.54, 1.807) is 0 Å². The Bertz CT molecular complexity index is 160. The van der Waals surface area contributed by atoms with Gasteiger partial charge in [0.25, 0.3) is 0 Å². The van der Waals surface area contributed by atoms with Crippen molar-refractivity contribution in [3.8, 4) is 0 Å². The Morgan fingerprint density at radius 2 is 1.29 bits per heavy atom. The van der Waals surface area contributed by atoms with Crippen molar-refractivity contribution in [3.05, 3.63) is 0 Å². The molecule has 99 valence electrons. The smallest absolute Gasteiger partial charge is 0.319 e. The first-order valence-electron chi connectivity index (χ1n) is 6.01. The van der Waals surface area contributed by atoms with Crippen molar-refractivity contribution in [2.75, 3.05) is 26.3 Å². The van der Waals surface area contributed by atoms with E-state index in [9.17, 15) is 4.57 Å². The quantitative estimate of drug-likeness (QED) is 0.448. The van der Waals surface area contributed by atoms with Gasteiger partial charge < -0.3 is 20.5 Å². The van der Waals surface area contributed by atoms with Crippen LogP contribution in [0.1, 0.15) is 38.5 Å². The summed E-state index contributed by atoms with van der Waals surface area (Å²) in [6, 6.07) is 0.